The zero-order valence-corrected chi connectivity index (χ0v) is 15.0. The van der Waals surface area contributed by atoms with E-state index < -0.39 is 0 Å². The highest BCUT2D eigenvalue weighted by Gasteiger charge is 2.09. The van der Waals surface area contributed by atoms with Crippen molar-refractivity contribution >= 4 is 34.3 Å². The van der Waals surface area contributed by atoms with Gasteiger partial charge in [-0.25, -0.2) is 4.98 Å². The Kier molecular flexibility index (Phi) is 5.19. The first-order valence-electron chi connectivity index (χ1n) is 7.97. The molecule has 0 unspecified atom stereocenters. The molecule has 128 valence electrons. The molecule has 1 N–H and O–H groups in total. The summed E-state index contributed by atoms with van der Waals surface area (Å²) in [6.07, 6.45) is 3.68. The van der Waals surface area contributed by atoms with Gasteiger partial charge in [-0.15, -0.1) is 11.8 Å². The molecule has 1 aromatic heterocycles. The predicted octanol–water partition coefficient (Wildman–Crippen LogP) is 3.46. The number of aryl methyl sites for hydroxylation is 2. The highest BCUT2D eigenvalue weighted by molar-refractivity contribution is 7.98. The Labute approximate surface area is 150 Å². The van der Waals surface area contributed by atoms with Crippen molar-refractivity contribution in [3.8, 4) is 0 Å². The van der Waals surface area contributed by atoms with E-state index in [-0.39, 0.29) is 17.9 Å². The fourth-order valence-corrected chi connectivity index (χ4v) is 3.17. The van der Waals surface area contributed by atoms with E-state index in [0.29, 0.717) is 17.4 Å². The highest BCUT2D eigenvalue weighted by atomic mass is 32.2. The van der Waals surface area contributed by atoms with Gasteiger partial charge in [-0.1, -0.05) is 23.8 Å². The number of amides is 1. The molecular weight excluding hydrogens is 334 g/mol. The van der Waals surface area contributed by atoms with Crippen molar-refractivity contribution in [3.63, 3.8) is 0 Å². The Morgan fingerprint density at radius 3 is 2.84 bits per heavy atom. The van der Waals surface area contributed by atoms with Crippen molar-refractivity contribution in [3.05, 3.63) is 64.7 Å². The second-order valence-corrected chi connectivity index (χ2v) is 6.61. The molecule has 6 heteroatoms. The van der Waals surface area contributed by atoms with Gasteiger partial charge < -0.3 is 5.32 Å². The van der Waals surface area contributed by atoms with E-state index in [4.69, 9.17) is 0 Å². The number of rotatable bonds is 5. The van der Waals surface area contributed by atoms with Crippen LogP contribution in [0.2, 0.25) is 0 Å². The first-order chi connectivity index (χ1) is 12.1. The van der Waals surface area contributed by atoms with Gasteiger partial charge in [-0.05, 0) is 37.4 Å². The van der Waals surface area contributed by atoms with Gasteiger partial charge in [0.1, 0.15) is 0 Å². The summed E-state index contributed by atoms with van der Waals surface area (Å²) in [7, 11) is 0. The van der Waals surface area contributed by atoms with Gasteiger partial charge in [-0.2, -0.15) is 0 Å². The van der Waals surface area contributed by atoms with Crippen LogP contribution in [0.25, 0.3) is 10.9 Å². The van der Waals surface area contributed by atoms with Gasteiger partial charge in [0.15, 0.2) is 0 Å². The van der Waals surface area contributed by atoms with Crippen molar-refractivity contribution < 1.29 is 4.79 Å². The fraction of sp³-hybridized carbons (Fsp3) is 0.211. The number of carbonyl (C=O) groups excluding carboxylic acids is 1. The van der Waals surface area contributed by atoms with Crippen LogP contribution in [0.15, 0.2) is 58.5 Å². The second kappa shape index (κ2) is 7.53. The molecular formula is C19H19N3O2S. The summed E-state index contributed by atoms with van der Waals surface area (Å²) in [4.78, 5) is 30.1. The molecule has 0 aliphatic carbocycles. The fourth-order valence-electron chi connectivity index (χ4n) is 2.61. The van der Waals surface area contributed by atoms with Gasteiger partial charge in [0.05, 0.1) is 22.9 Å². The Hall–Kier alpha value is -2.60. The van der Waals surface area contributed by atoms with E-state index in [1.807, 2.05) is 55.6 Å². The third-order valence-corrected chi connectivity index (χ3v) is 4.74. The first-order valence-corrected chi connectivity index (χ1v) is 9.19. The van der Waals surface area contributed by atoms with Crippen LogP contribution in [0.4, 0.5) is 5.69 Å². The molecule has 3 rings (SSSR count). The number of hydrogen-bond donors (Lipinski definition) is 1. The van der Waals surface area contributed by atoms with Crippen LogP contribution in [0.5, 0.6) is 0 Å². The number of carbonyl (C=O) groups is 1. The predicted molar refractivity (Wildman–Crippen MR) is 102 cm³/mol. The third kappa shape index (κ3) is 3.91. The maximum atomic E-state index is 12.5. The summed E-state index contributed by atoms with van der Waals surface area (Å²) in [6, 6.07) is 13.2. The minimum absolute atomic E-state index is 0.119. The molecule has 0 fully saturated rings. The SMILES string of the molecule is CSc1ccccc1NC(=O)CCn1cnc2ccc(C)cc2c1=O. The minimum Gasteiger partial charge on any atom is -0.325 e. The molecule has 0 radical (unpaired) electrons. The second-order valence-electron chi connectivity index (χ2n) is 5.76. The van der Waals surface area contributed by atoms with Crippen molar-refractivity contribution in [1.82, 2.24) is 9.55 Å². The van der Waals surface area contributed by atoms with Gasteiger partial charge >= 0.3 is 0 Å². The average molecular weight is 353 g/mol. The number of benzene rings is 2. The largest absolute Gasteiger partial charge is 0.325 e. The third-order valence-electron chi connectivity index (χ3n) is 3.94. The lowest BCUT2D eigenvalue weighted by atomic mass is 10.2. The molecule has 0 aliphatic heterocycles. The maximum Gasteiger partial charge on any atom is 0.261 e. The minimum atomic E-state index is -0.127. The standard InChI is InChI=1S/C19H19N3O2S/c1-13-7-8-15-14(11-13)19(24)22(12-20-15)10-9-18(23)21-16-5-3-4-6-17(16)25-2/h3-8,11-12H,9-10H2,1-2H3,(H,21,23). The summed E-state index contributed by atoms with van der Waals surface area (Å²) in [5.74, 6) is -0.127. The van der Waals surface area contributed by atoms with Crippen LogP contribution in [0.1, 0.15) is 12.0 Å². The zero-order valence-electron chi connectivity index (χ0n) is 14.2. The van der Waals surface area contributed by atoms with E-state index in [1.165, 1.54) is 10.9 Å². The number of aromatic nitrogens is 2. The number of hydrogen-bond acceptors (Lipinski definition) is 4. The van der Waals surface area contributed by atoms with Gasteiger partial charge in [0.25, 0.3) is 5.56 Å². The topological polar surface area (TPSA) is 64.0 Å². The molecule has 2 aromatic carbocycles. The molecule has 0 bridgehead atoms. The van der Waals surface area contributed by atoms with Crippen LogP contribution < -0.4 is 10.9 Å². The van der Waals surface area contributed by atoms with E-state index >= 15 is 0 Å². The summed E-state index contributed by atoms with van der Waals surface area (Å²) in [5, 5.41) is 3.48. The smallest absolute Gasteiger partial charge is 0.261 e. The Morgan fingerprint density at radius 1 is 1.24 bits per heavy atom. The van der Waals surface area contributed by atoms with Gasteiger partial charge in [-0.3, -0.25) is 14.2 Å². The van der Waals surface area contributed by atoms with Crippen molar-refractivity contribution in [2.45, 2.75) is 24.8 Å². The molecule has 0 saturated heterocycles. The Balaban J connectivity index is 1.73. The summed E-state index contributed by atoms with van der Waals surface area (Å²) in [6.45, 7) is 2.23. The first kappa shape index (κ1) is 17.2. The van der Waals surface area contributed by atoms with E-state index in [2.05, 4.69) is 10.3 Å². The molecule has 0 aliphatic rings. The van der Waals surface area contributed by atoms with Crippen LogP contribution >= 0.6 is 11.8 Å². The lowest BCUT2D eigenvalue weighted by molar-refractivity contribution is -0.116. The summed E-state index contributed by atoms with van der Waals surface area (Å²) < 4.78 is 1.49. The van der Waals surface area contributed by atoms with E-state index in [0.717, 1.165) is 16.1 Å². The molecule has 1 amide bonds. The quantitative estimate of drug-likeness (QED) is 0.714. The lowest BCUT2D eigenvalue weighted by Gasteiger charge is -2.10. The van der Waals surface area contributed by atoms with Crippen LogP contribution in [-0.4, -0.2) is 21.7 Å². The number of para-hydroxylation sites is 1. The molecule has 1 heterocycles. The highest BCUT2D eigenvalue weighted by Crippen LogP contribution is 2.24. The van der Waals surface area contributed by atoms with Crippen molar-refractivity contribution in [1.29, 1.82) is 0 Å². The number of nitrogens with zero attached hydrogens (tertiary/aromatic N) is 2. The maximum absolute atomic E-state index is 12.5. The number of nitrogens with one attached hydrogen (secondary N) is 1. The molecule has 0 spiro atoms. The lowest BCUT2D eigenvalue weighted by Crippen LogP contribution is -2.23. The van der Waals surface area contributed by atoms with Crippen LogP contribution in [-0.2, 0) is 11.3 Å². The van der Waals surface area contributed by atoms with E-state index in [1.54, 1.807) is 11.8 Å². The number of thioether (sulfide) groups is 1. The Bertz CT molecular complexity index is 982. The van der Waals surface area contributed by atoms with Gasteiger partial charge in [0.2, 0.25) is 5.91 Å². The van der Waals surface area contributed by atoms with Crippen molar-refractivity contribution in [2.75, 3.05) is 11.6 Å². The van der Waals surface area contributed by atoms with Crippen LogP contribution in [0.3, 0.4) is 0 Å². The monoisotopic (exact) mass is 353 g/mol. The number of fused-ring (bicyclic) bond motifs is 1. The molecule has 0 saturated carbocycles. The summed E-state index contributed by atoms with van der Waals surface area (Å²) >= 11 is 1.58. The van der Waals surface area contributed by atoms with Gasteiger partial charge in [0, 0.05) is 17.9 Å². The zero-order chi connectivity index (χ0) is 17.8. The molecule has 5 nitrogen and oxygen atoms in total. The molecule has 25 heavy (non-hydrogen) atoms. The number of anilines is 1. The summed E-state index contributed by atoms with van der Waals surface area (Å²) in [5.41, 5.74) is 2.35. The normalized spacial score (nSPS) is 10.8. The van der Waals surface area contributed by atoms with E-state index in [9.17, 15) is 9.59 Å². The van der Waals surface area contributed by atoms with Crippen LogP contribution in [0, 0.1) is 6.92 Å². The molecule has 0 atom stereocenters. The average Bonchev–Trinajstić information content (AvgIpc) is 2.62. The van der Waals surface area contributed by atoms with Crippen molar-refractivity contribution in [2.24, 2.45) is 0 Å². The Morgan fingerprint density at radius 2 is 2.04 bits per heavy atom. The molecule has 3 aromatic rings.